The average Bonchev–Trinajstić information content (AvgIpc) is 2.81. The fourth-order valence-electron chi connectivity index (χ4n) is 2.99. The molecule has 0 unspecified atom stereocenters. The normalized spacial score (nSPS) is 15.9. The van der Waals surface area contributed by atoms with Crippen LogP contribution in [0.4, 0.5) is 0 Å². The van der Waals surface area contributed by atoms with Crippen LogP contribution in [0.2, 0.25) is 0 Å². The van der Waals surface area contributed by atoms with Gasteiger partial charge in [0.05, 0.1) is 0 Å². The smallest absolute Gasteiger partial charge is 0.254 e. The Morgan fingerprint density at radius 2 is 1.70 bits per heavy atom. The first-order valence-electron chi connectivity index (χ1n) is 9.78. The molecule has 2 heterocycles. The van der Waals surface area contributed by atoms with Crippen molar-refractivity contribution in [1.82, 2.24) is 20.5 Å². The Kier molecular flexibility index (Phi) is 7.72. The lowest BCUT2D eigenvalue weighted by Crippen LogP contribution is -2.54. The van der Waals surface area contributed by atoms with Crippen LogP contribution in [0.1, 0.15) is 11.1 Å². The predicted octanol–water partition coefficient (Wildman–Crippen LogP) is -0.570. The number of aromatic nitrogens is 1. The molecule has 1 aliphatic rings. The molecule has 0 radical (unpaired) electrons. The molecule has 1 aromatic heterocycles. The van der Waals surface area contributed by atoms with Gasteiger partial charge in [-0.25, -0.2) is 0 Å². The first-order valence-corrected chi connectivity index (χ1v) is 9.78. The van der Waals surface area contributed by atoms with Crippen molar-refractivity contribution in [2.45, 2.75) is 25.4 Å². The standard InChI is InChI=1S/C21H26N4O5/c26-18(19(27)21(29)25-11-9-23-10-12-25)20(28)24-13-15-1-3-17(4-2-15)30-14-16-5-7-22-8-6-16/h1-8,18-19,23,26-27H,9-14H2,(H,24,28)/t18-,19-/m1/s1. The highest BCUT2D eigenvalue weighted by molar-refractivity contribution is 5.90. The van der Waals surface area contributed by atoms with Crippen LogP contribution < -0.4 is 15.4 Å². The number of ether oxygens (including phenoxy) is 1. The molecule has 0 bridgehead atoms. The number of nitrogens with one attached hydrogen (secondary N) is 2. The number of carbonyl (C=O) groups is 2. The van der Waals surface area contributed by atoms with Crippen LogP contribution in [0.5, 0.6) is 5.75 Å². The summed E-state index contributed by atoms with van der Waals surface area (Å²) in [6, 6.07) is 10.9. The summed E-state index contributed by atoms with van der Waals surface area (Å²) in [7, 11) is 0. The molecule has 1 aliphatic heterocycles. The van der Waals surface area contributed by atoms with E-state index in [4.69, 9.17) is 4.74 Å². The Morgan fingerprint density at radius 1 is 1.03 bits per heavy atom. The summed E-state index contributed by atoms with van der Waals surface area (Å²) in [5.74, 6) is -0.766. The lowest BCUT2D eigenvalue weighted by atomic mass is 10.1. The van der Waals surface area contributed by atoms with Crippen LogP contribution in [0, 0.1) is 0 Å². The second-order valence-electron chi connectivity index (χ2n) is 6.97. The number of aliphatic hydroxyl groups excluding tert-OH is 2. The lowest BCUT2D eigenvalue weighted by molar-refractivity contribution is -0.153. The minimum Gasteiger partial charge on any atom is -0.489 e. The van der Waals surface area contributed by atoms with Gasteiger partial charge in [0, 0.05) is 45.1 Å². The molecule has 30 heavy (non-hydrogen) atoms. The Labute approximate surface area is 174 Å². The molecule has 160 valence electrons. The van der Waals surface area contributed by atoms with Gasteiger partial charge in [0.1, 0.15) is 12.4 Å². The van der Waals surface area contributed by atoms with Crippen molar-refractivity contribution in [2.24, 2.45) is 0 Å². The number of hydrogen-bond acceptors (Lipinski definition) is 7. The van der Waals surface area contributed by atoms with Gasteiger partial charge in [-0.2, -0.15) is 0 Å². The molecule has 2 aromatic rings. The van der Waals surface area contributed by atoms with E-state index in [0.717, 1.165) is 11.1 Å². The summed E-state index contributed by atoms with van der Waals surface area (Å²) >= 11 is 0. The molecular formula is C21H26N4O5. The van der Waals surface area contributed by atoms with E-state index in [-0.39, 0.29) is 6.54 Å². The first-order chi connectivity index (χ1) is 14.5. The maximum absolute atomic E-state index is 12.2. The van der Waals surface area contributed by atoms with Gasteiger partial charge >= 0.3 is 0 Å². The lowest BCUT2D eigenvalue weighted by Gasteiger charge is -2.30. The highest BCUT2D eigenvalue weighted by Gasteiger charge is 2.33. The van der Waals surface area contributed by atoms with E-state index in [1.54, 1.807) is 36.7 Å². The fourth-order valence-corrected chi connectivity index (χ4v) is 2.99. The third kappa shape index (κ3) is 5.99. The summed E-state index contributed by atoms with van der Waals surface area (Å²) in [5, 5.41) is 25.7. The first kappa shape index (κ1) is 21.7. The minimum absolute atomic E-state index is 0.148. The van der Waals surface area contributed by atoms with E-state index in [0.29, 0.717) is 38.5 Å². The zero-order valence-corrected chi connectivity index (χ0v) is 16.5. The van der Waals surface area contributed by atoms with Gasteiger partial charge < -0.3 is 30.5 Å². The van der Waals surface area contributed by atoms with Crippen LogP contribution in [0.3, 0.4) is 0 Å². The summed E-state index contributed by atoms with van der Waals surface area (Å²) in [5.41, 5.74) is 1.79. The molecule has 1 fully saturated rings. The number of nitrogens with zero attached hydrogens (tertiary/aromatic N) is 2. The van der Waals surface area contributed by atoms with E-state index in [2.05, 4.69) is 15.6 Å². The number of piperazine rings is 1. The van der Waals surface area contributed by atoms with Gasteiger partial charge in [-0.3, -0.25) is 14.6 Å². The highest BCUT2D eigenvalue weighted by Crippen LogP contribution is 2.14. The Hall–Kier alpha value is -3.01. The van der Waals surface area contributed by atoms with Crippen LogP contribution in [0.15, 0.2) is 48.8 Å². The molecule has 1 saturated heterocycles. The number of rotatable bonds is 8. The van der Waals surface area contributed by atoms with Crippen molar-refractivity contribution < 1.29 is 24.5 Å². The zero-order valence-electron chi connectivity index (χ0n) is 16.5. The molecule has 9 nitrogen and oxygen atoms in total. The molecule has 0 saturated carbocycles. The van der Waals surface area contributed by atoms with Gasteiger partial charge in [-0.1, -0.05) is 12.1 Å². The third-order valence-corrected chi connectivity index (χ3v) is 4.79. The van der Waals surface area contributed by atoms with Gasteiger partial charge in [0.2, 0.25) is 0 Å². The van der Waals surface area contributed by atoms with Crippen LogP contribution in [0.25, 0.3) is 0 Å². The molecule has 2 atom stereocenters. The van der Waals surface area contributed by atoms with Gasteiger partial charge in [-0.05, 0) is 35.4 Å². The molecule has 9 heteroatoms. The average molecular weight is 414 g/mol. The predicted molar refractivity (Wildman–Crippen MR) is 108 cm³/mol. The number of aliphatic hydroxyl groups is 2. The molecule has 4 N–H and O–H groups in total. The second-order valence-corrected chi connectivity index (χ2v) is 6.97. The SMILES string of the molecule is O=C(NCc1ccc(OCc2ccncc2)cc1)[C@H](O)[C@@H](O)C(=O)N1CCNCC1. The molecule has 0 aliphatic carbocycles. The van der Waals surface area contributed by atoms with E-state index < -0.39 is 24.0 Å². The van der Waals surface area contributed by atoms with E-state index in [9.17, 15) is 19.8 Å². The van der Waals surface area contributed by atoms with E-state index in [1.165, 1.54) is 4.90 Å². The quantitative estimate of drug-likeness (QED) is 0.456. The van der Waals surface area contributed by atoms with Crippen LogP contribution in [-0.4, -0.2) is 70.3 Å². The molecule has 0 spiro atoms. The monoisotopic (exact) mass is 414 g/mol. The Balaban J connectivity index is 1.44. The molecule has 3 rings (SSSR count). The number of benzene rings is 1. The van der Waals surface area contributed by atoms with Crippen LogP contribution >= 0.6 is 0 Å². The highest BCUT2D eigenvalue weighted by atomic mass is 16.5. The van der Waals surface area contributed by atoms with E-state index in [1.807, 2.05) is 12.1 Å². The van der Waals surface area contributed by atoms with Crippen molar-refractivity contribution in [2.75, 3.05) is 26.2 Å². The van der Waals surface area contributed by atoms with Gasteiger partial charge in [0.15, 0.2) is 12.2 Å². The summed E-state index contributed by atoms with van der Waals surface area (Å²) in [6.07, 6.45) is -0.206. The maximum atomic E-state index is 12.2. The number of pyridine rings is 1. The molecule has 2 amide bonds. The maximum Gasteiger partial charge on any atom is 0.254 e. The zero-order chi connectivity index (χ0) is 21.3. The number of carbonyl (C=O) groups excluding carboxylic acids is 2. The van der Waals surface area contributed by atoms with Gasteiger partial charge in [-0.15, -0.1) is 0 Å². The largest absolute Gasteiger partial charge is 0.489 e. The fraction of sp³-hybridized carbons (Fsp3) is 0.381. The van der Waals surface area contributed by atoms with Crippen molar-refractivity contribution in [3.05, 3.63) is 59.9 Å². The minimum atomic E-state index is -1.82. The molecule has 1 aromatic carbocycles. The van der Waals surface area contributed by atoms with E-state index >= 15 is 0 Å². The Bertz CT molecular complexity index is 825. The summed E-state index contributed by atoms with van der Waals surface area (Å²) in [6.45, 7) is 2.66. The van der Waals surface area contributed by atoms with Crippen molar-refractivity contribution in [3.63, 3.8) is 0 Å². The van der Waals surface area contributed by atoms with Crippen LogP contribution in [-0.2, 0) is 22.7 Å². The topological polar surface area (TPSA) is 124 Å². The van der Waals surface area contributed by atoms with Crippen molar-refractivity contribution in [3.8, 4) is 5.75 Å². The number of hydrogen-bond donors (Lipinski definition) is 4. The second kappa shape index (κ2) is 10.7. The summed E-state index contributed by atoms with van der Waals surface area (Å²) in [4.78, 5) is 29.7. The number of amides is 2. The summed E-state index contributed by atoms with van der Waals surface area (Å²) < 4.78 is 5.69. The third-order valence-electron chi connectivity index (χ3n) is 4.79. The van der Waals surface area contributed by atoms with Crippen molar-refractivity contribution >= 4 is 11.8 Å². The molecular weight excluding hydrogens is 388 g/mol. The van der Waals surface area contributed by atoms with Gasteiger partial charge in [0.25, 0.3) is 11.8 Å². The Morgan fingerprint density at radius 3 is 2.37 bits per heavy atom. The van der Waals surface area contributed by atoms with Crippen molar-refractivity contribution in [1.29, 1.82) is 0 Å².